The van der Waals surface area contributed by atoms with Gasteiger partial charge in [-0.15, -0.1) is 0 Å². The Kier molecular flexibility index (Phi) is 2.84. The SMILES string of the molecule is Oc1ccc2c(-c3ccc(Cl)cc3F)noc2c1Cl. The summed E-state index contributed by atoms with van der Waals surface area (Å²) in [6.07, 6.45) is 0. The van der Waals surface area contributed by atoms with Crippen molar-refractivity contribution in [1.82, 2.24) is 5.16 Å². The lowest BCUT2D eigenvalue weighted by Gasteiger charge is -2.00. The number of fused-ring (bicyclic) bond motifs is 1. The van der Waals surface area contributed by atoms with E-state index in [0.29, 0.717) is 16.1 Å². The molecule has 0 aliphatic rings. The highest BCUT2D eigenvalue weighted by Gasteiger charge is 2.17. The smallest absolute Gasteiger partial charge is 0.189 e. The van der Waals surface area contributed by atoms with E-state index in [4.69, 9.17) is 27.7 Å². The third kappa shape index (κ3) is 1.93. The second-order valence-corrected chi connectivity index (χ2v) is 4.75. The molecule has 2 aromatic carbocycles. The van der Waals surface area contributed by atoms with Crippen LogP contribution in [-0.4, -0.2) is 10.3 Å². The Hall–Kier alpha value is -1.78. The lowest BCUT2D eigenvalue weighted by Crippen LogP contribution is -1.84. The van der Waals surface area contributed by atoms with Crippen LogP contribution in [0.1, 0.15) is 0 Å². The standard InChI is InChI=1S/C13H6Cl2FNO2/c14-6-1-2-7(9(16)5-6)12-8-3-4-10(18)11(15)13(8)19-17-12/h1-5,18H. The number of nitrogens with zero attached hydrogens (tertiary/aromatic N) is 1. The number of aromatic hydroxyl groups is 1. The molecule has 0 spiro atoms. The summed E-state index contributed by atoms with van der Waals surface area (Å²) in [4.78, 5) is 0. The molecule has 0 fully saturated rings. The number of hydrogen-bond acceptors (Lipinski definition) is 3. The minimum atomic E-state index is -0.508. The van der Waals surface area contributed by atoms with E-state index in [1.807, 2.05) is 0 Å². The molecule has 1 heterocycles. The fraction of sp³-hybridized carbons (Fsp3) is 0. The molecular weight excluding hydrogens is 292 g/mol. The van der Waals surface area contributed by atoms with Crippen LogP contribution in [0, 0.1) is 5.82 Å². The fourth-order valence-corrected chi connectivity index (χ4v) is 2.20. The van der Waals surface area contributed by atoms with Gasteiger partial charge < -0.3 is 9.63 Å². The summed E-state index contributed by atoms with van der Waals surface area (Å²) in [5, 5.41) is 14.1. The van der Waals surface area contributed by atoms with Gasteiger partial charge in [-0.3, -0.25) is 0 Å². The average molecular weight is 298 g/mol. The van der Waals surface area contributed by atoms with E-state index in [9.17, 15) is 9.50 Å². The predicted molar refractivity (Wildman–Crippen MR) is 71.1 cm³/mol. The minimum absolute atomic E-state index is 0.0469. The Morgan fingerprint density at radius 2 is 1.95 bits per heavy atom. The van der Waals surface area contributed by atoms with E-state index in [2.05, 4.69) is 5.16 Å². The zero-order valence-corrected chi connectivity index (χ0v) is 10.8. The Balaban J connectivity index is 2.29. The highest BCUT2D eigenvalue weighted by atomic mass is 35.5. The van der Waals surface area contributed by atoms with Crippen molar-refractivity contribution in [1.29, 1.82) is 0 Å². The summed E-state index contributed by atoms with van der Waals surface area (Å²) in [7, 11) is 0. The third-order valence-electron chi connectivity index (χ3n) is 2.75. The van der Waals surface area contributed by atoms with Crippen molar-refractivity contribution >= 4 is 34.2 Å². The van der Waals surface area contributed by atoms with E-state index in [1.165, 1.54) is 18.2 Å². The number of aromatic nitrogens is 1. The Bertz CT molecular complexity index is 786. The topological polar surface area (TPSA) is 46.3 Å². The first-order valence-corrected chi connectivity index (χ1v) is 6.06. The molecule has 0 saturated heterocycles. The molecule has 3 aromatic rings. The van der Waals surface area contributed by atoms with Gasteiger partial charge >= 0.3 is 0 Å². The Morgan fingerprint density at radius 1 is 1.16 bits per heavy atom. The summed E-state index contributed by atoms with van der Waals surface area (Å²) in [5.74, 6) is -0.625. The monoisotopic (exact) mass is 297 g/mol. The van der Waals surface area contributed by atoms with Gasteiger partial charge in [-0.05, 0) is 30.3 Å². The van der Waals surface area contributed by atoms with Crippen molar-refractivity contribution in [3.05, 3.63) is 46.2 Å². The summed E-state index contributed by atoms with van der Waals surface area (Å²) in [6, 6.07) is 7.23. The second-order valence-electron chi connectivity index (χ2n) is 3.93. The van der Waals surface area contributed by atoms with Gasteiger partial charge in [0.25, 0.3) is 0 Å². The lowest BCUT2D eigenvalue weighted by molar-refractivity contribution is 0.451. The van der Waals surface area contributed by atoms with Crippen molar-refractivity contribution in [2.45, 2.75) is 0 Å². The first kappa shape index (κ1) is 12.3. The van der Waals surface area contributed by atoms with Gasteiger partial charge in [0.05, 0.1) is 5.39 Å². The normalized spacial score (nSPS) is 11.1. The van der Waals surface area contributed by atoms with Crippen LogP contribution in [0.5, 0.6) is 5.75 Å². The van der Waals surface area contributed by atoms with E-state index in [1.54, 1.807) is 12.1 Å². The summed E-state index contributed by atoms with van der Waals surface area (Å²) in [6.45, 7) is 0. The molecular formula is C13H6Cl2FNO2. The average Bonchev–Trinajstić information content (AvgIpc) is 2.78. The largest absolute Gasteiger partial charge is 0.506 e. The number of halogens is 3. The molecule has 0 bridgehead atoms. The van der Waals surface area contributed by atoms with Crippen LogP contribution in [0.3, 0.4) is 0 Å². The molecule has 0 amide bonds. The van der Waals surface area contributed by atoms with Crippen LogP contribution in [0.2, 0.25) is 10.0 Å². The quantitative estimate of drug-likeness (QED) is 0.711. The second kappa shape index (κ2) is 4.40. The highest BCUT2D eigenvalue weighted by Crippen LogP contribution is 2.37. The zero-order chi connectivity index (χ0) is 13.6. The molecule has 1 N–H and O–H groups in total. The van der Waals surface area contributed by atoms with Gasteiger partial charge in [-0.1, -0.05) is 28.4 Å². The van der Waals surface area contributed by atoms with Crippen LogP contribution in [-0.2, 0) is 0 Å². The van der Waals surface area contributed by atoms with E-state index >= 15 is 0 Å². The summed E-state index contributed by atoms with van der Waals surface area (Å²) >= 11 is 11.6. The molecule has 1 aromatic heterocycles. The number of hydrogen-bond donors (Lipinski definition) is 1. The fourth-order valence-electron chi connectivity index (χ4n) is 1.84. The van der Waals surface area contributed by atoms with E-state index in [0.717, 1.165) is 0 Å². The zero-order valence-electron chi connectivity index (χ0n) is 9.32. The molecule has 6 heteroatoms. The number of phenols is 1. The molecule has 3 nitrogen and oxygen atoms in total. The summed E-state index contributed by atoms with van der Waals surface area (Å²) < 4.78 is 18.9. The molecule has 3 rings (SSSR count). The number of phenolic OH excluding ortho intramolecular Hbond substituents is 1. The third-order valence-corrected chi connectivity index (χ3v) is 3.35. The van der Waals surface area contributed by atoms with Crippen molar-refractivity contribution < 1.29 is 14.0 Å². The van der Waals surface area contributed by atoms with Gasteiger partial charge in [0, 0.05) is 10.6 Å². The van der Waals surface area contributed by atoms with Crippen LogP contribution in [0.25, 0.3) is 22.2 Å². The maximum Gasteiger partial charge on any atom is 0.189 e. The first-order chi connectivity index (χ1) is 9.08. The molecule has 0 radical (unpaired) electrons. The van der Waals surface area contributed by atoms with Gasteiger partial charge in [-0.25, -0.2) is 4.39 Å². The van der Waals surface area contributed by atoms with E-state index < -0.39 is 5.82 Å². The highest BCUT2D eigenvalue weighted by molar-refractivity contribution is 6.36. The first-order valence-electron chi connectivity index (χ1n) is 5.30. The predicted octanol–water partition coefficient (Wildman–Crippen LogP) is 4.65. The molecule has 96 valence electrons. The number of benzene rings is 2. The van der Waals surface area contributed by atoms with Gasteiger partial charge in [-0.2, -0.15) is 0 Å². The van der Waals surface area contributed by atoms with Crippen molar-refractivity contribution in [2.75, 3.05) is 0 Å². The molecule has 0 saturated carbocycles. The van der Waals surface area contributed by atoms with Crippen LogP contribution in [0.4, 0.5) is 4.39 Å². The van der Waals surface area contributed by atoms with Gasteiger partial charge in [0.1, 0.15) is 22.3 Å². The minimum Gasteiger partial charge on any atom is -0.506 e. The number of rotatable bonds is 1. The van der Waals surface area contributed by atoms with Crippen LogP contribution < -0.4 is 0 Å². The van der Waals surface area contributed by atoms with Gasteiger partial charge in [0.15, 0.2) is 5.58 Å². The molecule has 0 unspecified atom stereocenters. The Labute approximate surface area is 117 Å². The Morgan fingerprint density at radius 3 is 2.68 bits per heavy atom. The summed E-state index contributed by atoms with van der Waals surface area (Å²) in [5.41, 5.74) is 0.780. The lowest BCUT2D eigenvalue weighted by atomic mass is 10.1. The van der Waals surface area contributed by atoms with Crippen molar-refractivity contribution in [3.8, 4) is 17.0 Å². The maximum atomic E-state index is 13.9. The molecule has 19 heavy (non-hydrogen) atoms. The van der Waals surface area contributed by atoms with Crippen molar-refractivity contribution in [2.24, 2.45) is 0 Å². The van der Waals surface area contributed by atoms with E-state index in [-0.39, 0.29) is 21.9 Å². The maximum absolute atomic E-state index is 13.9. The van der Waals surface area contributed by atoms with Crippen molar-refractivity contribution in [3.63, 3.8) is 0 Å². The molecule has 0 atom stereocenters. The van der Waals surface area contributed by atoms with Gasteiger partial charge in [0.2, 0.25) is 0 Å². The molecule has 0 aliphatic heterocycles. The van der Waals surface area contributed by atoms with Crippen LogP contribution in [0.15, 0.2) is 34.9 Å². The molecule has 0 aliphatic carbocycles. The van der Waals surface area contributed by atoms with Crippen LogP contribution >= 0.6 is 23.2 Å².